The van der Waals surface area contributed by atoms with Crippen LogP contribution in [0, 0.1) is 0 Å². The largest absolute Gasteiger partial charge is 0.416 e. The monoisotopic (exact) mass is 520 g/mol. The molecule has 2 aromatic carbocycles. The third-order valence-corrected chi connectivity index (χ3v) is 6.06. The van der Waals surface area contributed by atoms with Crippen LogP contribution in [0.15, 0.2) is 60.4 Å². The summed E-state index contributed by atoms with van der Waals surface area (Å²) in [6.45, 7) is -0.557. The molecule has 0 radical (unpaired) electrons. The van der Waals surface area contributed by atoms with Gasteiger partial charge in [0.2, 0.25) is 5.91 Å². The van der Waals surface area contributed by atoms with Crippen molar-refractivity contribution in [1.82, 2.24) is 15.2 Å². The number of urea groups is 1. The van der Waals surface area contributed by atoms with Crippen molar-refractivity contribution in [3.63, 3.8) is 0 Å². The van der Waals surface area contributed by atoms with Crippen molar-refractivity contribution in [2.75, 3.05) is 11.9 Å². The van der Waals surface area contributed by atoms with E-state index in [1.165, 1.54) is 24.4 Å². The van der Waals surface area contributed by atoms with Crippen molar-refractivity contribution in [2.24, 2.45) is 0 Å². The normalized spacial score (nSPS) is 15.0. The Balaban J connectivity index is 1.40. The van der Waals surface area contributed by atoms with Crippen LogP contribution >= 0.6 is 22.9 Å². The first-order valence-corrected chi connectivity index (χ1v) is 11.3. The van der Waals surface area contributed by atoms with Gasteiger partial charge in [0.05, 0.1) is 5.56 Å². The van der Waals surface area contributed by atoms with Crippen LogP contribution in [-0.2, 0) is 22.2 Å². The lowest BCUT2D eigenvalue weighted by atomic mass is 10.0. The summed E-state index contributed by atoms with van der Waals surface area (Å²) in [4.78, 5) is 42.3. The van der Waals surface area contributed by atoms with Gasteiger partial charge in [-0.15, -0.1) is 11.3 Å². The highest BCUT2D eigenvalue weighted by atomic mass is 35.5. The maximum Gasteiger partial charge on any atom is 0.416 e. The Morgan fingerprint density at radius 2 is 1.91 bits per heavy atom. The number of alkyl halides is 3. The highest BCUT2D eigenvalue weighted by Gasteiger charge is 2.35. The number of hydrogen-bond donors (Lipinski definition) is 2. The summed E-state index contributed by atoms with van der Waals surface area (Å²) in [5, 5.41) is 5.18. The Hall–Kier alpha value is -3.70. The molecule has 2 N–H and O–H groups in total. The Morgan fingerprint density at radius 3 is 2.63 bits per heavy atom. The number of nitrogens with one attached hydrogen (secondary N) is 2. The molecule has 4 rings (SSSR count). The summed E-state index contributed by atoms with van der Waals surface area (Å²) in [6, 6.07) is 11.4. The molecule has 35 heavy (non-hydrogen) atoms. The van der Waals surface area contributed by atoms with E-state index in [4.69, 9.17) is 11.6 Å². The summed E-state index contributed by atoms with van der Waals surface area (Å²) < 4.78 is 39.9. The van der Waals surface area contributed by atoms with Crippen LogP contribution in [0.5, 0.6) is 0 Å². The van der Waals surface area contributed by atoms with E-state index in [1.54, 1.807) is 24.3 Å². The zero-order chi connectivity index (χ0) is 25.2. The van der Waals surface area contributed by atoms with Crippen molar-refractivity contribution < 1.29 is 27.6 Å². The highest BCUT2D eigenvalue weighted by molar-refractivity contribution is 7.15. The van der Waals surface area contributed by atoms with Gasteiger partial charge in [-0.3, -0.25) is 9.59 Å². The maximum absolute atomic E-state index is 13.3. The van der Waals surface area contributed by atoms with Crippen molar-refractivity contribution in [2.45, 2.75) is 12.6 Å². The number of rotatable bonds is 6. The molecule has 7 nitrogen and oxygen atoms in total. The topological polar surface area (TPSA) is 91.4 Å². The average molecular weight is 521 g/mol. The first-order valence-electron chi connectivity index (χ1n) is 10.1. The van der Waals surface area contributed by atoms with E-state index in [1.807, 2.05) is 6.07 Å². The summed E-state index contributed by atoms with van der Waals surface area (Å²) in [5.74, 6) is -1.34. The summed E-state index contributed by atoms with van der Waals surface area (Å²) in [7, 11) is 0. The standard InChI is InChI=1S/C23H16ClF3N4O3S/c24-15-6-7-17(23(25,26)27)14(9-15)10-16-11-28-21(35-16)30-19(32)12-31-20(33)18(29-22(31)34)8-13-4-2-1-3-5-13/h1-9,11H,10,12H2,(H,29,34)(H,28,30,32)/b18-8-. The number of anilines is 1. The molecule has 180 valence electrons. The molecule has 0 unspecified atom stereocenters. The van der Waals surface area contributed by atoms with Crippen molar-refractivity contribution >= 4 is 52.0 Å². The van der Waals surface area contributed by atoms with Crippen LogP contribution in [0.25, 0.3) is 6.08 Å². The van der Waals surface area contributed by atoms with Crippen LogP contribution in [0.4, 0.5) is 23.1 Å². The van der Waals surface area contributed by atoms with E-state index in [0.29, 0.717) is 10.4 Å². The molecule has 1 aromatic heterocycles. The minimum atomic E-state index is -4.54. The quantitative estimate of drug-likeness (QED) is 0.356. The number of carbonyl (C=O) groups excluding carboxylic acids is 3. The van der Waals surface area contributed by atoms with Gasteiger partial charge in [0.25, 0.3) is 5.91 Å². The predicted molar refractivity (Wildman–Crippen MR) is 125 cm³/mol. The SMILES string of the molecule is O=C(CN1C(=O)N/C(=C\c2ccccc2)C1=O)Nc1ncc(Cc2cc(Cl)ccc2C(F)(F)F)s1. The second kappa shape index (κ2) is 9.88. The lowest BCUT2D eigenvalue weighted by Crippen LogP contribution is -2.38. The molecule has 0 atom stereocenters. The van der Waals surface area contributed by atoms with Crippen LogP contribution in [0.1, 0.15) is 21.6 Å². The molecule has 1 aliphatic heterocycles. The van der Waals surface area contributed by atoms with Gasteiger partial charge < -0.3 is 10.6 Å². The van der Waals surface area contributed by atoms with E-state index in [2.05, 4.69) is 15.6 Å². The molecule has 0 saturated carbocycles. The number of benzene rings is 2. The minimum Gasteiger partial charge on any atom is -0.303 e. The third-order valence-electron chi connectivity index (χ3n) is 4.91. The van der Waals surface area contributed by atoms with Gasteiger partial charge in [0.1, 0.15) is 12.2 Å². The van der Waals surface area contributed by atoms with Crippen molar-refractivity contribution in [3.8, 4) is 0 Å². The lowest BCUT2D eigenvalue weighted by Gasteiger charge is -2.12. The average Bonchev–Trinajstić information content (AvgIpc) is 3.32. The first kappa shape index (κ1) is 24.4. The number of carbonyl (C=O) groups is 3. The molecule has 0 bridgehead atoms. The Morgan fingerprint density at radius 1 is 1.17 bits per heavy atom. The number of amides is 4. The third kappa shape index (κ3) is 5.87. The summed E-state index contributed by atoms with van der Waals surface area (Å²) in [6.07, 6.45) is -1.80. The fraction of sp³-hybridized carbons (Fsp3) is 0.130. The predicted octanol–water partition coefficient (Wildman–Crippen LogP) is 4.94. The van der Waals surface area contributed by atoms with Gasteiger partial charge in [-0.05, 0) is 35.4 Å². The number of aromatic nitrogens is 1. The summed E-state index contributed by atoms with van der Waals surface area (Å²) >= 11 is 6.84. The second-order valence-electron chi connectivity index (χ2n) is 7.45. The Kier molecular flexibility index (Phi) is 6.90. The number of thiazole rings is 1. The molecule has 1 fully saturated rings. The first-order chi connectivity index (χ1) is 16.6. The van der Waals surface area contributed by atoms with Gasteiger partial charge in [-0.2, -0.15) is 13.2 Å². The fourth-order valence-corrected chi connectivity index (χ4v) is 4.40. The Labute approximate surface area is 206 Å². The van der Waals surface area contributed by atoms with Gasteiger partial charge in [0.15, 0.2) is 5.13 Å². The zero-order valence-electron chi connectivity index (χ0n) is 17.7. The van der Waals surface area contributed by atoms with Gasteiger partial charge in [-0.1, -0.05) is 41.9 Å². The van der Waals surface area contributed by atoms with E-state index < -0.39 is 36.1 Å². The van der Waals surface area contributed by atoms with Gasteiger partial charge >= 0.3 is 12.2 Å². The summed E-state index contributed by atoms with van der Waals surface area (Å²) in [5.41, 5.74) is -0.0962. The van der Waals surface area contributed by atoms with Crippen LogP contribution in [0.3, 0.4) is 0 Å². The lowest BCUT2D eigenvalue weighted by molar-refractivity contribution is -0.138. The molecule has 4 amide bonds. The molecular formula is C23H16ClF3N4O3S. The van der Waals surface area contributed by atoms with Crippen LogP contribution < -0.4 is 10.6 Å². The van der Waals surface area contributed by atoms with E-state index in [9.17, 15) is 27.6 Å². The second-order valence-corrected chi connectivity index (χ2v) is 9.00. The molecular weight excluding hydrogens is 505 g/mol. The molecule has 12 heteroatoms. The molecule has 0 spiro atoms. The zero-order valence-corrected chi connectivity index (χ0v) is 19.3. The minimum absolute atomic E-state index is 0.0245. The number of nitrogens with zero attached hydrogens (tertiary/aromatic N) is 2. The molecule has 2 heterocycles. The fourth-order valence-electron chi connectivity index (χ4n) is 3.35. The Bertz CT molecular complexity index is 1330. The molecule has 1 saturated heterocycles. The highest BCUT2D eigenvalue weighted by Crippen LogP contribution is 2.35. The molecule has 0 aliphatic carbocycles. The smallest absolute Gasteiger partial charge is 0.303 e. The van der Waals surface area contributed by atoms with Crippen LogP contribution in [-0.4, -0.2) is 34.3 Å². The van der Waals surface area contributed by atoms with E-state index >= 15 is 0 Å². The number of imide groups is 1. The van der Waals surface area contributed by atoms with Crippen molar-refractivity contribution in [3.05, 3.63) is 87.0 Å². The molecule has 1 aliphatic rings. The van der Waals surface area contributed by atoms with Crippen molar-refractivity contribution in [1.29, 1.82) is 0 Å². The maximum atomic E-state index is 13.3. The van der Waals surface area contributed by atoms with Gasteiger partial charge in [-0.25, -0.2) is 14.7 Å². The van der Waals surface area contributed by atoms with Gasteiger partial charge in [0, 0.05) is 22.5 Å². The molecule has 3 aromatic rings. The van der Waals surface area contributed by atoms with E-state index in [-0.39, 0.29) is 27.8 Å². The van der Waals surface area contributed by atoms with E-state index in [0.717, 1.165) is 22.3 Å². The number of halogens is 4. The van der Waals surface area contributed by atoms with Crippen LogP contribution in [0.2, 0.25) is 5.02 Å². The number of hydrogen-bond acceptors (Lipinski definition) is 5.